The maximum Gasteiger partial charge on any atom is 0.176 e. The van der Waals surface area contributed by atoms with Gasteiger partial charge in [0.25, 0.3) is 0 Å². The van der Waals surface area contributed by atoms with Crippen molar-refractivity contribution in [2.75, 3.05) is 0 Å². The lowest BCUT2D eigenvalue weighted by atomic mass is 10.0. The van der Waals surface area contributed by atoms with Gasteiger partial charge in [0.1, 0.15) is 0 Å². The Kier molecular flexibility index (Phi) is 4.04. The molecular formula is C18H9F3S3. The van der Waals surface area contributed by atoms with Crippen LogP contribution < -0.4 is 0 Å². The Balaban J connectivity index is 1.90. The van der Waals surface area contributed by atoms with E-state index in [0.29, 0.717) is 0 Å². The molecule has 0 saturated carbocycles. The SMILES string of the molecule is Fc1ccc(-c2cc(-c3ccc(F)s3)cc(-c3ccc(F)s3)c2)s1. The molecule has 0 N–H and O–H groups in total. The van der Waals surface area contributed by atoms with Crippen LogP contribution in [0.15, 0.2) is 54.6 Å². The maximum absolute atomic E-state index is 13.4. The molecule has 4 aromatic rings. The van der Waals surface area contributed by atoms with E-state index in [9.17, 15) is 13.2 Å². The van der Waals surface area contributed by atoms with Crippen LogP contribution >= 0.6 is 34.0 Å². The molecule has 0 nitrogen and oxygen atoms in total. The molecule has 0 radical (unpaired) electrons. The Hall–Kier alpha value is -1.89. The van der Waals surface area contributed by atoms with Crippen molar-refractivity contribution >= 4 is 34.0 Å². The topological polar surface area (TPSA) is 0 Å². The molecule has 0 amide bonds. The third kappa shape index (κ3) is 3.05. The number of thiophene rings is 3. The molecular weight excluding hydrogens is 369 g/mol. The number of halogens is 3. The average molecular weight is 378 g/mol. The Bertz CT molecular complexity index is 869. The highest BCUT2D eigenvalue weighted by Gasteiger charge is 2.12. The molecule has 0 bridgehead atoms. The first-order chi connectivity index (χ1) is 11.6. The second-order valence-electron chi connectivity index (χ2n) is 5.11. The van der Waals surface area contributed by atoms with Gasteiger partial charge in [0.2, 0.25) is 0 Å². The van der Waals surface area contributed by atoms with E-state index in [0.717, 1.165) is 65.3 Å². The van der Waals surface area contributed by atoms with Gasteiger partial charge in [0.15, 0.2) is 15.4 Å². The standard InChI is InChI=1S/C18H9F3S3/c19-16-4-1-13(22-16)10-7-11(14-2-5-17(20)23-14)9-12(8-10)15-3-6-18(21)24-15/h1-9H. The average Bonchev–Trinajstić information content (AvgIpc) is 3.28. The fourth-order valence-corrected chi connectivity index (χ4v) is 4.62. The number of benzene rings is 1. The van der Waals surface area contributed by atoms with Gasteiger partial charge in [-0.25, -0.2) is 0 Å². The van der Waals surface area contributed by atoms with Gasteiger partial charge in [0.05, 0.1) is 0 Å². The lowest BCUT2D eigenvalue weighted by Crippen LogP contribution is -1.81. The highest BCUT2D eigenvalue weighted by molar-refractivity contribution is 7.14. The normalized spacial score (nSPS) is 11.1. The first-order valence-electron chi connectivity index (χ1n) is 7.01. The van der Waals surface area contributed by atoms with Crippen molar-refractivity contribution in [1.29, 1.82) is 0 Å². The molecule has 0 spiro atoms. The van der Waals surface area contributed by atoms with Gasteiger partial charge in [-0.1, -0.05) is 0 Å². The van der Waals surface area contributed by atoms with Gasteiger partial charge in [-0.3, -0.25) is 0 Å². The third-order valence-electron chi connectivity index (χ3n) is 3.51. The third-order valence-corrected chi connectivity index (χ3v) is 6.27. The van der Waals surface area contributed by atoms with Crippen LogP contribution in [0, 0.1) is 15.4 Å². The number of hydrogen-bond donors (Lipinski definition) is 0. The van der Waals surface area contributed by atoms with Crippen LogP contribution in [-0.2, 0) is 0 Å². The minimum Gasteiger partial charge on any atom is -0.195 e. The summed E-state index contributed by atoms with van der Waals surface area (Å²) in [4.78, 5) is 2.35. The maximum atomic E-state index is 13.4. The van der Waals surface area contributed by atoms with E-state index in [1.807, 2.05) is 18.2 Å². The van der Waals surface area contributed by atoms with Crippen LogP contribution in [0.5, 0.6) is 0 Å². The highest BCUT2D eigenvalue weighted by atomic mass is 32.1. The summed E-state index contributed by atoms with van der Waals surface area (Å²) in [6.45, 7) is 0. The Morgan fingerprint density at radius 1 is 0.458 bits per heavy atom. The molecule has 0 aliphatic heterocycles. The van der Waals surface area contributed by atoms with Crippen LogP contribution in [0.3, 0.4) is 0 Å². The Morgan fingerprint density at radius 3 is 0.958 bits per heavy atom. The van der Waals surface area contributed by atoms with E-state index in [4.69, 9.17) is 0 Å². The zero-order chi connectivity index (χ0) is 16.7. The van der Waals surface area contributed by atoms with Crippen molar-refractivity contribution in [2.24, 2.45) is 0 Å². The summed E-state index contributed by atoms with van der Waals surface area (Å²) in [5.74, 6) is 0. The fourth-order valence-electron chi connectivity index (χ4n) is 2.46. The summed E-state index contributed by atoms with van der Waals surface area (Å²) in [6.07, 6.45) is 0. The zero-order valence-corrected chi connectivity index (χ0v) is 14.5. The van der Waals surface area contributed by atoms with Crippen LogP contribution in [0.1, 0.15) is 0 Å². The van der Waals surface area contributed by atoms with Crippen molar-refractivity contribution in [3.8, 4) is 31.3 Å². The van der Waals surface area contributed by atoms with Crippen LogP contribution in [0.25, 0.3) is 31.3 Å². The van der Waals surface area contributed by atoms with E-state index < -0.39 is 0 Å². The number of rotatable bonds is 3. The van der Waals surface area contributed by atoms with Gasteiger partial charge in [0, 0.05) is 14.6 Å². The van der Waals surface area contributed by atoms with Crippen molar-refractivity contribution in [1.82, 2.24) is 0 Å². The first-order valence-corrected chi connectivity index (χ1v) is 9.46. The van der Waals surface area contributed by atoms with Crippen LogP contribution in [0.2, 0.25) is 0 Å². The molecule has 0 saturated heterocycles. The first kappa shape index (κ1) is 15.6. The summed E-state index contributed by atoms with van der Waals surface area (Å²) >= 11 is 3.15. The fraction of sp³-hybridized carbons (Fsp3) is 0. The van der Waals surface area contributed by atoms with Crippen molar-refractivity contribution < 1.29 is 13.2 Å². The van der Waals surface area contributed by atoms with E-state index in [1.165, 1.54) is 18.2 Å². The molecule has 0 aliphatic carbocycles. The van der Waals surface area contributed by atoms with Crippen molar-refractivity contribution in [3.05, 3.63) is 70.0 Å². The summed E-state index contributed by atoms with van der Waals surface area (Å²) in [5, 5.41) is -0.788. The predicted molar refractivity (Wildman–Crippen MR) is 96.3 cm³/mol. The number of hydrogen-bond acceptors (Lipinski definition) is 3. The molecule has 6 heteroatoms. The molecule has 3 heterocycles. The molecule has 4 rings (SSSR count). The minimum atomic E-state index is -0.263. The largest absolute Gasteiger partial charge is 0.195 e. The Morgan fingerprint density at radius 2 is 0.750 bits per heavy atom. The quantitative estimate of drug-likeness (QED) is 0.351. The second kappa shape index (κ2) is 6.20. The smallest absolute Gasteiger partial charge is 0.176 e. The summed E-state index contributed by atoms with van der Waals surface area (Å²) in [5.41, 5.74) is 2.50. The lowest BCUT2D eigenvalue weighted by molar-refractivity contribution is 0.657. The molecule has 0 fully saturated rings. The Labute approximate surface area is 148 Å². The van der Waals surface area contributed by atoms with Gasteiger partial charge in [-0.05, 0) is 71.3 Å². The monoisotopic (exact) mass is 378 g/mol. The van der Waals surface area contributed by atoms with Crippen LogP contribution in [-0.4, -0.2) is 0 Å². The summed E-state index contributed by atoms with van der Waals surface area (Å²) < 4.78 is 40.2. The molecule has 0 unspecified atom stereocenters. The van der Waals surface area contributed by atoms with E-state index in [2.05, 4.69) is 0 Å². The summed E-state index contributed by atoms with van der Waals surface area (Å²) in [7, 11) is 0. The van der Waals surface area contributed by atoms with Gasteiger partial charge in [-0.2, -0.15) is 13.2 Å². The predicted octanol–water partition coefficient (Wildman–Crippen LogP) is 7.29. The lowest BCUT2D eigenvalue weighted by Gasteiger charge is -2.07. The molecule has 3 aromatic heterocycles. The second-order valence-corrected chi connectivity index (χ2v) is 8.21. The van der Waals surface area contributed by atoms with Crippen LogP contribution in [0.4, 0.5) is 13.2 Å². The molecule has 24 heavy (non-hydrogen) atoms. The summed E-state index contributed by atoms with van der Waals surface area (Å²) in [6, 6.07) is 15.1. The molecule has 120 valence electrons. The van der Waals surface area contributed by atoms with E-state index >= 15 is 0 Å². The van der Waals surface area contributed by atoms with Gasteiger partial charge in [-0.15, -0.1) is 34.0 Å². The minimum absolute atomic E-state index is 0.263. The van der Waals surface area contributed by atoms with E-state index in [-0.39, 0.29) is 15.4 Å². The van der Waals surface area contributed by atoms with Crippen molar-refractivity contribution in [3.63, 3.8) is 0 Å². The van der Waals surface area contributed by atoms with Gasteiger partial charge < -0.3 is 0 Å². The van der Waals surface area contributed by atoms with E-state index in [1.54, 1.807) is 18.2 Å². The van der Waals surface area contributed by atoms with Crippen molar-refractivity contribution in [2.45, 2.75) is 0 Å². The molecule has 0 atom stereocenters. The van der Waals surface area contributed by atoms with Gasteiger partial charge >= 0.3 is 0 Å². The zero-order valence-electron chi connectivity index (χ0n) is 12.1. The highest BCUT2D eigenvalue weighted by Crippen LogP contribution is 2.38. The molecule has 0 aliphatic rings. The molecule has 1 aromatic carbocycles.